The molecule has 0 spiro atoms. The molecular formula is C23H21N3O3. The first-order valence-electron chi connectivity index (χ1n) is 9.78. The van der Waals surface area contributed by atoms with Crippen molar-refractivity contribution in [3.63, 3.8) is 0 Å². The van der Waals surface area contributed by atoms with Gasteiger partial charge in [0, 0.05) is 37.6 Å². The number of nitrogens with zero attached hydrogens (tertiary/aromatic N) is 3. The van der Waals surface area contributed by atoms with Crippen LogP contribution in [-0.4, -0.2) is 58.6 Å². The van der Waals surface area contributed by atoms with Gasteiger partial charge in [0.05, 0.1) is 11.1 Å². The molecule has 2 saturated heterocycles. The lowest BCUT2D eigenvalue weighted by molar-refractivity contribution is 0.0377. The van der Waals surface area contributed by atoms with Gasteiger partial charge in [-0.05, 0) is 17.7 Å². The fourth-order valence-corrected chi connectivity index (χ4v) is 4.46. The summed E-state index contributed by atoms with van der Waals surface area (Å²) in [4.78, 5) is 33.8. The summed E-state index contributed by atoms with van der Waals surface area (Å²) in [5.41, 5.74) is 1.89. The molecule has 0 aliphatic carbocycles. The van der Waals surface area contributed by atoms with Crippen LogP contribution in [0.4, 0.5) is 4.79 Å². The molecule has 2 amide bonds. The fraction of sp³-hybridized carbons (Fsp3) is 0.261. The van der Waals surface area contributed by atoms with E-state index in [2.05, 4.69) is 4.98 Å². The van der Waals surface area contributed by atoms with E-state index in [9.17, 15) is 9.59 Å². The maximum absolute atomic E-state index is 13.4. The van der Waals surface area contributed by atoms with Crippen LogP contribution in [0.25, 0.3) is 10.9 Å². The number of hydrogen-bond donors (Lipinski definition) is 0. The number of cyclic esters (lactones) is 1. The van der Waals surface area contributed by atoms with Crippen LogP contribution in [0.5, 0.6) is 0 Å². The van der Waals surface area contributed by atoms with Gasteiger partial charge >= 0.3 is 6.09 Å². The van der Waals surface area contributed by atoms with Crippen molar-refractivity contribution in [2.75, 3.05) is 26.2 Å². The molecule has 1 atom stereocenters. The molecule has 29 heavy (non-hydrogen) atoms. The lowest BCUT2D eigenvalue weighted by Crippen LogP contribution is -2.63. The van der Waals surface area contributed by atoms with E-state index in [-0.39, 0.29) is 18.6 Å². The molecule has 146 valence electrons. The average molecular weight is 387 g/mol. The van der Waals surface area contributed by atoms with Gasteiger partial charge in [-0.3, -0.25) is 14.7 Å². The van der Waals surface area contributed by atoms with E-state index in [0.717, 1.165) is 10.9 Å². The van der Waals surface area contributed by atoms with Crippen LogP contribution in [0.1, 0.15) is 15.9 Å². The van der Waals surface area contributed by atoms with Gasteiger partial charge in [-0.1, -0.05) is 48.5 Å². The molecule has 6 nitrogen and oxygen atoms in total. The molecule has 1 unspecified atom stereocenters. The molecule has 0 saturated carbocycles. The van der Waals surface area contributed by atoms with Gasteiger partial charge in [0.1, 0.15) is 12.1 Å². The number of benzene rings is 2. The number of carbonyl (C=O) groups excluding carboxylic acids is 2. The number of pyridine rings is 1. The Bertz CT molecular complexity index is 1080. The van der Waals surface area contributed by atoms with Crippen LogP contribution < -0.4 is 0 Å². The molecule has 2 aliphatic rings. The van der Waals surface area contributed by atoms with Crippen LogP contribution in [0.2, 0.25) is 0 Å². The largest absolute Gasteiger partial charge is 0.447 e. The van der Waals surface area contributed by atoms with Crippen LogP contribution in [0.3, 0.4) is 0 Å². The summed E-state index contributed by atoms with van der Waals surface area (Å²) >= 11 is 0. The summed E-state index contributed by atoms with van der Waals surface area (Å²) in [6.07, 6.45) is 2.06. The van der Waals surface area contributed by atoms with Crippen molar-refractivity contribution in [3.05, 3.63) is 78.0 Å². The maximum atomic E-state index is 13.4. The number of rotatable bonds is 3. The summed E-state index contributed by atoms with van der Waals surface area (Å²) < 4.78 is 5.42. The minimum Gasteiger partial charge on any atom is -0.447 e. The molecule has 2 aromatic carbocycles. The highest BCUT2D eigenvalue weighted by atomic mass is 16.6. The van der Waals surface area contributed by atoms with Crippen molar-refractivity contribution in [1.82, 2.24) is 14.8 Å². The number of piperazine rings is 1. The van der Waals surface area contributed by atoms with E-state index in [0.29, 0.717) is 37.1 Å². The molecule has 5 rings (SSSR count). The van der Waals surface area contributed by atoms with Crippen molar-refractivity contribution in [2.45, 2.75) is 12.0 Å². The van der Waals surface area contributed by atoms with Gasteiger partial charge in [-0.15, -0.1) is 0 Å². The molecule has 3 heterocycles. The van der Waals surface area contributed by atoms with E-state index >= 15 is 0 Å². The molecule has 2 fully saturated rings. The van der Waals surface area contributed by atoms with Crippen molar-refractivity contribution in [1.29, 1.82) is 0 Å². The van der Waals surface area contributed by atoms with Crippen molar-refractivity contribution in [3.8, 4) is 0 Å². The molecule has 0 N–H and O–H groups in total. The van der Waals surface area contributed by atoms with Gasteiger partial charge in [0.25, 0.3) is 5.91 Å². The predicted molar refractivity (Wildman–Crippen MR) is 109 cm³/mol. The van der Waals surface area contributed by atoms with Crippen LogP contribution in [0, 0.1) is 0 Å². The topological polar surface area (TPSA) is 62.7 Å². The van der Waals surface area contributed by atoms with E-state index in [1.165, 1.54) is 0 Å². The summed E-state index contributed by atoms with van der Waals surface area (Å²) in [7, 11) is 0. The minimum atomic E-state index is -0.537. The second kappa shape index (κ2) is 6.88. The zero-order chi connectivity index (χ0) is 19.8. The smallest absolute Gasteiger partial charge is 0.410 e. The quantitative estimate of drug-likeness (QED) is 0.693. The highest BCUT2D eigenvalue weighted by Crippen LogP contribution is 2.33. The first kappa shape index (κ1) is 17.7. The number of carbonyl (C=O) groups is 2. The zero-order valence-electron chi connectivity index (χ0n) is 16.0. The SMILES string of the molecule is O=C(c1cccc2cccnc12)N1CCN2C(=O)OCC2(Cc2ccccc2)C1. The molecule has 2 aliphatic heterocycles. The highest BCUT2D eigenvalue weighted by molar-refractivity contribution is 6.05. The second-order valence-electron chi connectivity index (χ2n) is 7.70. The highest BCUT2D eigenvalue weighted by Gasteiger charge is 2.51. The first-order chi connectivity index (χ1) is 14.2. The number of fused-ring (bicyclic) bond motifs is 2. The summed E-state index contributed by atoms with van der Waals surface area (Å²) in [6.45, 7) is 1.68. The third kappa shape index (κ3) is 3.01. The fourth-order valence-electron chi connectivity index (χ4n) is 4.46. The Morgan fingerprint density at radius 2 is 1.86 bits per heavy atom. The Balaban J connectivity index is 1.47. The third-order valence-corrected chi connectivity index (χ3v) is 5.86. The van der Waals surface area contributed by atoms with E-state index < -0.39 is 5.54 Å². The predicted octanol–water partition coefficient (Wildman–Crippen LogP) is 3.12. The lowest BCUT2D eigenvalue weighted by Gasteiger charge is -2.44. The van der Waals surface area contributed by atoms with Crippen LogP contribution in [0.15, 0.2) is 66.9 Å². The maximum Gasteiger partial charge on any atom is 0.410 e. The van der Waals surface area contributed by atoms with E-state index in [1.807, 2.05) is 65.6 Å². The van der Waals surface area contributed by atoms with E-state index in [4.69, 9.17) is 4.74 Å². The van der Waals surface area contributed by atoms with Gasteiger partial charge in [0.15, 0.2) is 0 Å². The van der Waals surface area contributed by atoms with Gasteiger partial charge in [-0.2, -0.15) is 0 Å². The van der Waals surface area contributed by atoms with Crippen LogP contribution in [-0.2, 0) is 11.2 Å². The Morgan fingerprint density at radius 3 is 2.72 bits per heavy atom. The summed E-state index contributed by atoms with van der Waals surface area (Å²) in [5, 5.41) is 0.940. The monoisotopic (exact) mass is 387 g/mol. The number of amides is 2. The third-order valence-electron chi connectivity index (χ3n) is 5.86. The first-order valence-corrected chi connectivity index (χ1v) is 9.78. The van der Waals surface area contributed by atoms with Crippen molar-refractivity contribution < 1.29 is 14.3 Å². The number of ether oxygens (including phenoxy) is 1. The number of para-hydroxylation sites is 1. The number of hydrogen-bond acceptors (Lipinski definition) is 4. The summed E-state index contributed by atoms with van der Waals surface area (Å²) in [6, 6.07) is 19.5. The van der Waals surface area contributed by atoms with Gasteiger partial charge in [0.2, 0.25) is 0 Å². The van der Waals surface area contributed by atoms with Crippen molar-refractivity contribution >= 4 is 22.9 Å². The molecule has 0 bridgehead atoms. The Morgan fingerprint density at radius 1 is 1.03 bits per heavy atom. The molecule has 0 radical (unpaired) electrons. The zero-order valence-corrected chi connectivity index (χ0v) is 16.0. The molecule has 3 aromatic rings. The Kier molecular flexibility index (Phi) is 4.19. The molecule has 1 aromatic heterocycles. The van der Waals surface area contributed by atoms with Gasteiger partial charge < -0.3 is 9.64 Å². The molecular weight excluding hydrogens is 366 g/mol. The second-order valence-corrected chi connectivity index (χ2v) is 7.70. The van der Waals surface area contributed by atoms with Crippen LogP contribution >= 0.6 is 0 Å². The standard InChI is InChI=1S/C23H21N3O3/c27-21(19-10-4-8-18-9-5-11-24-20(18)19)25-12-13-26-22(28)29-16-23(26,15-25)14-17-6-2-1-3-7-17/h1-11H,12-16H2. The average Bonchev–Trinajstić information content (AvgIpc) is 3.09. The van der Waals surface area contributed by atoms with Crippen molar-refractivity contribution in [2.24, 2.45) is 0 Å². The molecule has 6 heteroatoms. The Hall–Kier alpha value is -3.41. The lowest BCUT2D eigenvalue weighted by atomic mass is 9.88. The minimum absolute atomic E-state index is 0.0549. The normalized spacial score (nSPS) is 21.2. The number of aromatic nitrogens is 1. The summed E-state index contributed by atoms with van der Waals surface area (Å²) in [5.74, 6) is -0.0549. The van der Waals surface area contributed by atoms with E-state index in [1.54, 1.807) is 11.1 Å². The Labute approximate surface area is 168 Å². The van der Waals surface area contributed by atoms with Gasteiger partial charge in [-0.25, -0.2) is 4.79 Å².